The van der Waals surface area contributed by atoms with Crippen molar-refractivity contribution in [1.29, 1.82) is 0 Å². The number of fused-ring (bicyclic) bond motifs is 1. The zero-order valence-corrected chi connectivity index (χ0v) is 16.7. The highest BCUT2D eigenvalue weighted by Crippen LogP contribution is 2.31. The van der Waals surface area contributed by atoms with Gasteiger partial charge in [0.25, 0.3) is 5.56 Å². The van der Waals surface area contributed by atoms with E-state index < -0.39 is 0 Å². The summed E-state index contributed by atoms with van der Waals surface area (Å²) < 4.78 is 12.1. The van der Waals surface area contributed by atoms with Gasteiger partial charge in [0.05, 0.1) is 25.8 Å². The van der Waals surface area contributed by atoms with E-state index in [0.29, 0.717) is 46.6 Å². The molecule has 0 radical (unpaired) electrons. The summed E-state index contributed by atoms with van der Waals surface area (Å²) in [5.74, 6) is 1.24. The zero-order chi connectivity index (χ0) is 19.6. The summed E-state index contributed by atoms with van der Waals surface area (Å²) in [7, 11) is 3.11. The zero-order valence-electron chi connectivity index (χ0n) is 15.9. The number of carbonyl (C=O) groups is 1. The van der Waals surface area contributed by atoms with Crippen molar-refractivity contribution in [2.75, 3.05) is 25.3 Å². The summed E-state index contributed by atoms with van der Waals surface area (Å²) in [6.45, 7) is 4.11. The molecule has 1 amide bonds. The van der Waals surface area contributed by atoms with E-state index in [0.717, 1.165) is 5.69 Å². The van der Waals surface area contributed by atoms with Gasteiger partial charge in [-0.25, -0.2) is 4.98 Å². The van der Waals surface area contributed by atoms with Crippen LogP contribution in [0.4, 0.5) is 5.69 Å². The number of carbonyl (C=O) groups excluding carboxylic acids is 1. The molecule has 3 rings (SSSR count). The van der Waals surface area contributed by atoms with Crippen LogP contribution in [0.25, 0.3) is 0 Å². The second-order valence-electron chi connectivity index (χ2n) is 6.29. The van der Waals surface area contributed by atoms with Crippen LogP contribution in [0.3, 0.4) is 0 Å². The quantitative estimate of drug-likeness (QED) is 0.791. The summed E-state index contributed by atoms with van der Waals surface area (Å²) in [4.78, 5) is 30.1. The van der Waals surface area contributed by atoms with Gasteiger partial charge in [-0.2, -0.15) is 0 Å². The molecule has 7 nitrogen and oxygen atoms in total. The second-order valence-corrected chi connectivity index (χ2v) is 7.28. The first kappa shape index (κ1) is 19.3. The molecule has 8 heteroatoms. The summed E-state index contributed by atoms with van der Waals surface area (Å²) in [5.41, 5.74) is 1.96. The van der Waals surface area contributed by atoms with Crippen LogP contribution in [0, 0.1) is 12.8 Å². The topological polar surface area (TPSA) is 82.5 Å². The Morgan fingerprint density at radius 1 is 1.37 bits per heavy atom. The van der Waals surface area contributed by atoms with Gasteiger partial charge in [0, 0.05) is 29.6 Å². The Labute approximate surface area is 162 Å². The van der Waals surface area contributed by atoms with E-state index in [9.17, 15) is 9.59 Å². The van der Waals surface area contributed by atoms with Crippen LogP contribution in [0.15, 0.2) is 28.2 Å². The normalized spacial score (nSPS) is 15.8. The minimum atomic E-state index is -0.342. The Kier molecular flexibility index (Phi) is 5.74. The van der Waals surface area contributed by atoms with Crippen LogP contribution in [0.5, 0.6) is 11.5 Å². The molecule has 0 fully saturated rings. The number of benzene rings is 1. The number of thioether (sulfide) groups is 1. The summed E-state index contributed by atoms with van der Waals surface area (Å²) in [6, 6.07) is 5.22. The van der Waals surface area contributed by atoms with Crippen LogP contribution >= 0.6 is 11.8 Å². The number of hydrogen-bond acceptors (Lipinski definition) is 6. The van der Waals surface area contributed by atoms with Gasteiger partial charge in [-0.05, 0) is 25.5 Å². The lowest BCUT2D eigenvalue weighted by atomic mass is 10.1. The molecule has 1 atom stereocenters. The second kappa shape index (κ2) is 8.04. The van der Waals surface area contributed by atoms with Crippen molar-refractivity contribution in [2.45, 2.75) is 32.0 Å². The largest absolute Gasteiger partial charge is 0.497 e. The molecular weight excluding hydrogens is 366 g/mol. The minimum absolute atomic E-state index is 0.0519. The average Bonchev–Trinajstić information content (AvgIpc) is 2.68. The number of rotatable bonds is 5. The Morgan fingerprint density at radius 3 is 2.81 bits per heavy atom. The lowest BCUT2D eigenvalue weighted by Gasteiger charge is -2.25. The third-order valence-corrected chi connectivity index (χ3v) is 5.78. The lowest BCUT2D eigenvalue weighted by molar-refractivity contribution is -0.119. The van der Waals surface area contributed by atoms with Crippen LogP contribution in [0.2, 0.25) is 0 Å². The number of aromatic nitrogens is 2. The molecule has 2 aromatic rings. The van der Waals surface area contributed by atoms with E-state index in [-0.39, 0.29) is 17.4 Å². The highest BCUT2D eigenvalue weighted by atomic mass is 32.2. The molecule has 0 aliphatic carbocycles. The molecule has 1 aromatic heterocycles. The fourth-order valence-electron chi connectivity index (χ4n) is 3.11. The molecule has 0 saturated carbocycles. The van der Waals surface area contributed by atoms with Gasteiger partial charge in [-0.15, -0.1) is 0 Å². The summed E-state index contributed by atoms with van der Waals surface area (Å²) >= 11 is 1.44. The van der Waals surface area contributed by atoms with Gasteiger partial charge >= 0.3 is 0 Å². The molecular formula is C19H23N3O4S. The van der Waals surface area contributed by atoms with Gasteiger partial charge in [0.1, 0.15) is 11.5 Å². The predicted molar refractivity (Wildman–Crippen MR) is 105 cm³/mol. The number of nitrogens with one attached hydrogen (secondary N) is 1. The van der Waals surface area contributed by atoms with Crippen LogP contribution < -0.4 is 20.3 Å². The third-order valence-electron chi connectivity index (χ3n) is 4.64. The van der Waals surface area contributed by atoms with E-state index >= 15 is 0 Å². The van der Waals surface area contributed by atoms with Crippen molar-refractivity contribution < 1.29 is 14.3 Å². The van der Waals surface area contributed by atoms with Gasteiger partial charge in [0.2, 0.25) is 5.91 Å². The molecule has 1 aliphatic heterocycles. The third kappa shape index (κ3) is 3.80. The fourth-order valence-corrected chi connectivity index (χ4v) is 4.23. The van der Waals surface area contributed by atoms with Crippen molar-refractivity contribution in [3.05, 3.63) is 39.8 Å². The van der Waals surface area contributed by atoms with Crippen molar-refractivity contribution in [1.82, 2.24) is 9.55 Å². The number of methoxy groups -OCH3 is 2. The van der Waals surface area contributed by atoms with E-state index in [1.807, 2.05) is 13.8 Å². The number of nitrogens with zero attached hydrogens (tertiary/aromatic N) is 2. The molecule has 2 heterocycles. The van der Waals surface area contributed by atoms with E-state index in [2.05, 4.69) is 10.3 Å². The first-order valence-electron chi connectivity index (χ1n) is 8.74. The number of amides is 1. The lowest BCUT2D eigenvalue weighted by Crippen LogP contribution is -2.38. The van der Waals surface area contributed by atoms with Crippen LogP contribution in [-0.4, -0.2) is 35.4 Å². The monoisotopic (exact) mass is 389 g/mol. The van der Waals surface area contributed by atoms with Gasteiger partial charge in [-0.1, -0.05) is 18.7 Å². The maximum absolute atomic E-state index is 12.8. The van der Waals surface area contributed by atoms with Crippen molar-refractivity contribution in [3.63, 3.8) is 0 Å². The number of aryl methyl sites for hydroxylation is 1. The molecule has 1 aromatic carbocycles. The minimum Gasteiger partial charge on any atom is -0.497 e. The molecule has 0 bridgehead atoms. The van der Waals surface area contributed by atoms with Crippen molar-refractivity contribution in [2.24, 2.45) is 5.92 Å². The number of anilines is 1. The molecule has 1 unspecified atom stereocenters. The van der Waals surface area contributed by atoms with E-state index in [1.165, 1.54) is 11.8 Å². The molecule has 1 N–H and O–H groups in total. The van der Waals surface area contributed by atoms with Crippen LogP contribution in [0.1, 0.15) is 18.2 Å². The van der Waals surface area contributed by atoms with Gasteiger partial charge in [-0.3, -0.25) is 14.2 Å². The van der Waals surface area contributed by atoms with Crippen molar-refractivity contribution >= 4 is 23.4 Å². The number of ether oxygens (including phenoxy) is 2. The average molecular weight is 389 g/mol. The Balaban J connectivity index is 1.84. The molecule has 144 valence electrons. The maximum Gasteiger partial charge on any atom is 0.257 e. The van der Waals surface area contributed by atoms with Gasteiger partial charge < -0.3 is 14.8 Å². The van der Waals surface area contributed by atoms with Crippen LogP contribution in [-0.2, 0) is 17.8 Å². The fraction of sp³-hybridized carbons (Fsp3) is 0.421. The first-order chi connectivity index (χ1) is 13.0. The molecule has 27 heavy (non-hydrogen) atoms. The highest BCUT2D eigenvalue weighted by molar-refractivity contribution is 7.99. The number of hydrogen-bond donors (Lipinski definition) is 1. The van der Waals surface area contributed by atoms with E-state index in [1.54, 1.807) is 37.0 Å². The Bertz CT molecular complexity index is 926. The SMILES string of the molecule is CCc1c(C)nc2n(c1=O)CC(C(=O)Nc1cc(OC)ccc1OC)CS2. The first-order valence-corrected chi connectivity index (χ1v) is 9.73. The molecule has 0 spiro atoms. The summed E-state index contributed by atoms with van der Waals surface area (Å²) in [6.07, 6.45) is 0.625. The van der Waals surface area contributed by atoms with E-state index in [4.69, 9.17) is 9.47 Å². The Morgan fingerprint density at radius 2 is 2.15 bits per heavy atom. The van der Waals surface area contributed by atoms with Gasteiger partial charge in [0.15, 0.2) is 5.16 Å². The predicted octanol–water partition coefficient (Wildman–Crippen LogP) is 2.49. The van der Waals surface area contributed by atoms with Crippen molar-refractivity contribution in [3.8, 4) is 11.5 Å². The summed E-state index contributed by atoms with van der Waals surface area (Å²) in [5, 5.41) is 3.58. The maximum atomic E-state index is 12.8. The standard InChI is InChI=1S/C19H23N3O4S/c1-5-14-11(2)20-19-22(18(14)24)9-12(10-27-19)17(23)21-15-8-13(25-3)6-7-16(15)26-4/h6-8,12H,5,9-10H2,1-4H3,(H,21,23). The smallest absolute Gasteiger partial charge is 0.257 e. The molecule has 1 aliphatic rings. The Hall–Kier alpha value is -2.48. The highest BCUT2D eigenvalue weighted by Gasteiger charge is 2.28. The molecule has 0 saturated heterocycles.